The fraction of sp³-hybridized carbons (Fsp3) is 0.316. The first kappa shape index (κ1) is 17.8. The zero-order chi connectivity index (χ0) is 17.8. The predicted molar refractivity (Wildman–Crippen MR) is 97.8 cm³/mol. The molecule has 3 N–H and O–H groups in total. The molecule has 2 aromatic rings. The Morgan fingerprint density at radius 2 is 1.88 bits per heavy atom. The number of ether oxygens (including phenoxy) is 1. The largest absolute Gasteiger partial charge is 0.506 e. The fourth-order valence-electron chi connectivity index (χ4n) is 3.04. The van der Waals surface area contributed by atoms with Crippen molar-refractivity contribution in [1.82, 2.24) is 5.32 Å². The van der Waals surface area contributed by atoms with Gasteiger partial charge in [-0.3, -0.25) is 4.79 Å². The second-order valence-electron chi connectivity index (χ2n) is 6.11. The third kappa shape index (κ3) is 4.14. The number of rotatable bonds is 4. The molecule has 1 amide bonds. The summed E-state index contributed by atoms with van der Waals surface area (Å²) in [4.78, 5) is 12.5. The van der Waals surface area contributed by atoms with E-state index < -0.39 is 18.1 Å². The number of benzene rings is 2. The van der Waals surface area contributed by atoms with Crippen molar-refractivity contribution in [2.24, 2.45) is 0 Å². The highest BCUT2D eigenvalue weighted by Crippen LogP contribution is 2.28. The maximum Gasteiger partial charge on any atom is 0.255 e. The van der Waals surface area contributed by atoms with Crippen molar-refractivity contribution < 1.29 is 19.7 Å². The Morgan fingerprint density at radius 1 is 1.12 bits per heavy atom. The lowest BCUT2D eigenvalue weighted by molar-refractivity contribution is -0.0140. The number of hydrogen-bond acceptors (Lipinski definition) is 4. The van der Waals surface area contributed by atoms with Gasteiger partial charge in [0.05, 0.1) is 16.1 Å². The van der Waals surface area contributed by atoms with E-state index in [-0.39, 0.29) is 17.4 Å². The number of aromatic hydroxyl groups is 1. The van der Waals surface area contributed by atoms with Gasteiger partial charge in [0.15, 0.2) is 0 Å². The van der Waals surface area contributed by atoms with Crippen molar-refractivity contribution in [2.45, 2.75) is 37.5 Å². The molecule has 0 heterocycles. The fourth-order valence-corrected chi connectivity index (χ4v) is 3.41. The van der Waals surface area contributed by atoms with E-state index in [4.69, 9.17) is 4.74 Å². The second-order valence-corrected chi connectivity index (χ2v) is 6.96. The van der Waals surface area contributed by atoms with E-state index in [1.807, 2.05) is 30.3 Å². The average molecular weight is 406 g/mol. The molecule has 132 valence electrons. The summed E-state index contributed by atoms with van der Waals surface area (Å²) in [5.41, 5.74) is 0.174. The van der Waals surface area contributed by atoms with Gasteiger partial charge in [-0.2, -0.15) is 0 Å². The normalized spacial score (nSPS) is 23.0. The Kier molecular flexibility index (Phi) is 5.60. The van der Waals surface area contributed by atoms with Gasteiger partial charge in [-0.1, -0.05) is 24.3 Å². The van der Waals surface area contributed by atoms with E-state index in [1.54, 1.807) is 18.2 Å². The van der Waals surface area contributed by atoms with Gasteiger partial charge in [0.2, 0.25) is 0 Å². The summed E-state index contributed by atoms with van der Waals surface area (Å²) in [6.45, 7) is 0. The number of amides is 1. The van der Waals surface area contributed by atoms with E-state index in [0.717, 1.165) is 12.8 Å². The highest BCUT2D eigenvalue weighted by molar-refractivity contribution is 9.10. The van der Waals surface area contributed by atoms with E-state index >= 15 is 0 Å². The van der Waals surface area contributed by atoms with Crippen molar-refractivity contribution >= 4 is 21.8 Å². The van der Waals surface area contributed by atoms with Gasteiger partial charge in [0.25, 0.3) is 5.91 Å². The first-order valence-electron chi connectivity index (χ1n) is 8.24. The molecule has 6 heteroatoms. The molecule has 1 saturated carbocycles. The molecular formula is C19H20BrNO4. The minimum Gasteiger partial charge on any atom is -0.506 e. The average Bonchev–Trinajstić information content (AvgIpc) is 2.61. The van der Waals surface area contributed by atoms with Crippen LogP contribution in [0.2, 0.25) is 0 Å². The first-order valence-corrected chi connectivity index (χ1v) is 9.03. The molecule has 0 radical (unpaired) electrons. The molecule has 1 fully saturated rings. The Hall–Kier alpha value is -2.05. The van der Waals surface area contributed by atoms with Crippen LogP contribution in [0.4, 0.5) is 0 Å². The third-order valence-corrected chi connectivity index (χ3v) is 5.02. The topological polar surface area (TPSA) is 78.8 Å². The summed E-state index contributed by atoms with van der Waals surface area (Å²) in [5.74, 6) is 0.175. The lowest BCUT2D eigenvalue weighted by atomic mass is 9.89. The van der Waals surface area contributed by atoms with Gasteiger partial charge in [-0.25, -0.2) is 0 Å². The lowest BCUT2D eigenvalue weighted by Crippen LogP contribution is -2.52. The molecule has 0 aromatic heterocycles. The maximum absolute atomic E-state index is 12.5. The number of nitrogens with one attached hydrogen (secondary N) is 1. The first-order chi connectivity index (χ1) is 12.1. The third-order valence-electron chi connectivity index (χ3n) is 4.38. The van der Waals surface area contributed by atoms with Crippen molar-refractivity contribution in [3.05, 3.63) is 58.6 Å². The molecule has 1 aliphatic rings. The maximum atomic E-state index is 12.5. The summed E-state index contributed by atoms with van der Waals surface area (Å²) >= 11 is 3.20. The number of hydrogen-bond donors (Lipinski definition) is 3. The summed E-state index contributed by atoms with van der Waals surface area (Å²) in [6.07, 6.45) is 1.04. The zero-order valence-electron chi connectivity index (χ0n) is 13.6. The van der Waals surface area contributed by atoms with Gasteiger partial charge in [-0.05, 0) is 59.5 Å². The molecule has 0 spiro atoms. The lowest BCUT2D eigenvalue weighted by Gasteiger charge is -2.35. The van der Waals surface area contributed by atoms with Crippen LogP contribution in [0.25, 0.3) is 0 Å². The number of aliphatic hydroxyl groups is 1. The van der Waals surface area contributed by atoms with Gasteiger partial charge >= 0.3 is 0 Å². The van der Waals surface area contributed by atoms with Crippen LogP contribution >= 0.6 is 15.9 Å². The number of halogens is 1. The second kappa shape index (κ2) is 7.89. The highest BCUT2D eigenvalue weighted by atomic mass is 79.9. The number of phenolic OH excluding ortho intramolecular Hbond substituents is 1. The van der Waals surface area contributed by atoms with Crippen LogP contribution in [-0.4, -0.2) is 34.4 Å². The van der Waals surface area contributed by atoms with Crippen LogP contribution in [0, 0.1) is 0 Å². The molecule has 3 rings (SSSR count). The van der Waals surface area contributed by atoms with Crippen LogP contribution in [0.5, 0.6) is 11.5 Å². The van der Waals surface area contributed by atoms with Crippen LogP contribution in [-0.2, 0) is 0 Å². The summed E-state index contributed by atoms with van der Waals surface area (Å²) in [6, 6.07) is 13.8. The highest BCUT2D eigenvalue weighted by Gasteiger charge is 2.34. The zero-order valence-corrected chi connectivity index (χ0v) is 15.1. The minimum atomic E-state index is -0.813. The van der Waals surface area contributed by atoms with Crippen molar-refractivity contribution in [2.75, 3.05) is 0 Å². The van der Waals surface area contributed by atoms with Crippen molar-refractivity contribution in [3.63, 3.8) is 0 Å². The molecule has 2 aromatic carbocycles. The van der Waals surface area contributed by atoms with E-state index in [9.17, 15) is 15.0 Å². The quantitative estimate of drug-likeness (QED) is 0.729. The number of aliphatic hydroxyl groups excluding tert-OH is 1. The van der Waals surface area contributed by atoms with Gasteiger partial charge < -0.3 is 20.3 Å². The predicted octanol–water partition coefficient (Wildman–Crippen LogP) is 3.25. The van der Waals surface area contributed by atoms with Crippen LogP contribution < -0.4 is 10.1 Å². The summed E-state index contributed by atoms with van der Waals surface area (Å²) < 4.78 is 6.32. The SMILES string of the molecule is O=C(N[C@@H]1CCC[C@@H](Oc2ccccc2)[C@@H]1O)c1cccc(Br)c1O. The van der Waals surface area contributed by atoms with Gasteiger partial charge in [0.1, 0.15) is 23.7 Å². The number of carbonyl (C=O) groups excluding carboxylic acids is 1. The minimum absolute atomic E-state index is 0.109. The Morgan fingerprint density at radius 3 is 2.64 bits per heavy atom. The standard InChI is InChI=1S/C19H20BrNO4/c20-14-9-4-8-13(17(14)22)19(24)21-15-10-5-11-16(18(15)23)25-12-6-2-1-3-7-12/h1-4,6-9,15-16,18,22-23H,5,10-11H2,(H,21,24)/t15-,16-,18-/m1/s1. The van der Waals surface area contributed by atoms with Crippen LogP contribution in [0.1, 0.15) is 29.6 Å². The Balaban J connectivity index is 1.67. The van der Waals surface area contributed by atoms with Crippen LogP contribution in [0.15, 0.2) is 53.0 Å². The van der Waals surface area contributed by atoms with Crippen molar-refractivity contribution in [3.8, 4) is 11.5 Å². The molecule has 25 heavy (non-hydrogen) atoms. The molecule has 0 aliphatic heterocycles. The number of carbonyl (C=O) groups is 1. The van der Waals surface area contributed by atoms with E-state index in [1.165, 1.54) is 0 Å². The molecule has 0 unspecified atom stereocenters. The summed E-state index contributed by atoms with van der Waals surface area (Å²) in [5, 5.41) is 23.4. The summed E-state index contributed by atoms with van der Waals surface area (Å²) in [7, 11) is 0. The molecule has 5 nitrogen and oxygen atoms in total. The number of para-hydroxylation sites is 2. The Bertz CT molecular complexity index is 737. The van der Waals surface area contributed by atoms with Crippen LogP contribution in [0.3, 0.4) is 0 Å². The molecule has 1 aliphatic carbocycles. The smallest absolute Gasteiger partial charge is 0.255 e. The van der Waals surface area contributed by atoms with E-state index in [2.05, 4.69) is 21.2 Å². The van der Waals surface area contributed by atoms with Gasteiger partial charge in [-0.15, -0.1) is 0 Å². The molecular weight excluding hydrogens is 386 g/mol. The monoisotopic (exact) mass is 405 g/mol. The number of phenols is 1. The van der Waals surface area contributed by atoms with E-state index in [0.29, 0.717) is 16.6 Å². The van der Waals surface area contributed by atoms with Gasteiger partial charge in [0, 0.05) is 0 Å². The molecule has 0 bridgehead atoms. The Labute approximate surface area is 154 Å². The molecule has 0 saturated heterocycles. The van der Waals surface area contributed by atoms with Crippen molar-refractivity contribution in [1.29, 1.82) is 0 Å². The molecule has 3 atom stereocenters.